The second-order valence-electron chi connectivity index (χ2n) is 7.69. The van der Waals surface area contributed by atoms with Gasteiger partial charge in [-0.2, -0.15) is 0 Å². The highest BCUT2D eigenvalue weighted by Crippen LogP contribution is 2.48. The second-order valence-corrected chi connectivity index (χ2v) is 7.69. The number of methoxy groups -OCH3 is 1. The predicted molar refractivity (Wildman–Crippen MR) is 86.8 cm³/mol. The smallest absolute Gasteiger partial charge is 0.311 e. The van der Waals surface area contributed by atoms with Crippen LogP contribution in [0.15, 0.2) is 0 Å². The average molecular weight is 328 g/mol. The minimum Gasteiger partial charge on any atom is -0.469 e. The van der Waals surface area contributed by atoms with E-state index in [1.54, 1.807) is 0 Å². The molecule has 134 valence electrons. The van der Waals surface area contributed by atoms with Gasteiger partial charge >= 0.3 is 5.97 Å². The predicted octanol–water partition coefficient (Wildman–Crippen LogP) is 2.89. The first kappa shape index (κ1) is 18.7. The Morgan fingerprint density at radius 2 is 2.00 bits per heavy atom. The van der Waals surface area contributed by atoms with Crippen LogP contribution >= 0.6 is 0 Å². The van der Waals surface area contributed by atoms with Gasteiger partial charge in [-0.3, -0.25) is 4.79 Å². The van der Waals surface area contributed by atoms with E-state index >= 15 is 0 Å². The Bertz CT molecular complexity index is 435. The fourth-order valence-corrected chi connectivity index (χ4v) is 4.24. The van der Waals surface area contributed by atoms with Crippen LogP contribution in [-0.2, 0) is 19.0 Å². The Hall–Kier alpha value is -0.650. The Morgan fingerprint density at radius 3 is 2.57 bits per heavy atom. The molecular weight excluding hydrogens is 296 g/mol. The zero-order valence-corrected chi connectivity index (χ0v) is 15.3. The van der Waals surface area contributed by atoms with Crippen LogP contribution in [0, 0.1) is 17.8 Å². The highest BCUT2D eigenvalue weighted by atomic mass is 16.7. The Balaban J connectivity index is 2.22. The van der Waals surface area contributed by atoms with E-state index in [1.165, 1.54) is 7.11 Å². The summed E-state index contributed by atoms with van der Waals surface area (Å²) in [6.45, 7) is 9.96. The van der Waals surface area contributed by atoms with Crippen molar-refractivity contribution >= 4 is 5.97 Å². The highest BCUT2D eigenvalue weighted by Gasteiger charge is 2.55. The number of ether oxygens (including phenoxy) is 3. The largest absolute Gasteiger partial charge is 0.469 e. The Kier molecular flexibility index (Phi) is 5.44. The van der Waals surface area contributed by atoms with Crippen molar-refractivity contribution in [3.8, 4) is 0 Å². The highest BCUT2D eigenvalue weighted by molar-refractivity contribution is 5.72. The number of aliphatic hydroxyl groups is 1. The van der Waals surface area contributed by atoms with Crippen LogP contribution in [0.25, 0.3) is 0 Å². The third kappa shape index (κ3) is 3.42. The third-order valence-electron chi connectivity index (χ3n) is 5.82. The summed E-state index contributed by atoms with van der Waals surface area (Å²) < 4.78 is 17.6. The number of hydrogen-bond acceptors (Lipinski definition) is 5. The van der Waals surface area contributed by atoms with E-state index in [-0.39, 0.29) is 35.9 Å². The first-order chi connectivity index (χ1) is 10.7. The summed E-state index contributed by atoms with van der Waals surface area (Å²) in [5.41, 5.74) is -0.824. The molecule has 0 saturated carbocycles. The fraction of sp³-hybridized carbons (Fsp3) is 0.944. The molecule has 5 heteroatoms. The molecule has 0 amide bonds. The summed E-state index contributed by atoms with van der Waals surface area (Å²) in [7, 11) is 1.41. The molecule has 2 aliphatic heterocycles. The lowest BCUT2D eigenvalue weighted by atomic mass is 9.75. The molecule has 0 aromatic rings. The Morgan fingerprint density at radius 1 is 1.35 bits per heavy atom. The van der Waals surface area contributed by atoms with Gasteiger partial charge in [-0.25, -0.2) is 0 Å². The molecule has 2 aliphatic rings. The van der Waals surface area contributed by atoms with E-state index in [4.69, 9.17) is 14.2 Å². The lowest BCUT2D eigenvalue weighted by molar-refractivity contribution is -0.372. The standard InChI is InChI=1S/C18H32O5/c1-7-14-17(5,20)8-9-18(22-14)12(3)10-11(2)15(23-18)13(4)16(19)21-6/h11-15,20H,7-10H2,1-6H3/t11-,12-,13+,14+,15-,17-,18-/m0/s1. The van der Waals surface area contributed by atoms with Crippen LogP contribution in [0.4, 0.5) is 0 Å². The average Bonchev–Trinajstić information content (AvgIpc) is 2.51. The molecule has 0 bridgehead atoms. The van der Waals surface area contributed by atoms with Crippen molar-refractivity contribution in [1.29, 1.82) is 0 Å². The minimum absolute atomic E-state index is 0.223. The maximum atomic E-state index is 11.9. The molecule has 2 rings (SSSR count). The number of carbonyl (C=O) groups is 1. The summed E-state index contributed by atoms with van der Waals surface area (Å²) in [5.74, 6) is -0.797. The van der Waals surface area contributed by atoms with Gasteiger partial charge in [0.1, 0.15) is 0 Å². The summed E-state index contributed by atoms with van der Waals surface area (Å²) in [6, 6.07) is 0. The van der Waals surface area contributed by atoms with Crippen molar-refractivity contribution in [2.75, 3.05) is 7.11 Å². The van der Waals surface area contributed by atoms with E-state index in [9.17, 15) is 9.90 Å². The topological polar surface area (TPSA) is 65.0 Å². The Labute approximate surface area is 139 Å². The monoisotopic (exact) mass is 328 g/mol. The van der Waals surface area contributed by atoms with Crippen LogP contribution in [-0.4, -0.2) is 41.8 Å². The molecule has 0 radical (unpaired) electrons. The first-order valence-electron chi connectivity index (χ1n) is 8.82. The lowest BCUT2D eigenvalue weighted by Crippen LogP contribution is -2.61. The third-order valence-corrected chi connectivity index (χ3v) is 5.82. The van der Waals surface area contributed by atoms with E-state index in [2.05, 4.69) is 13.8 Å². The van der Waals surface area contributed by atoms with E-state index in [1.807, 2.05) is 20.8 Å². The summed E-state index contributed by atoms with van der Waals surface area (Å²) in [4.78, 5) is 11.9. The van der Waals surface area contributed by atoms with E-state index < -0.39 is 11.4 Å². The van der Waals surface area contributed by atoms with E-state index in [0.717, 1.165) is 12.8 Å². The molecule has 2 heterocycles. The maximum absolute atomic E-state index is 11.9. The van der Waals surface area contributed by atoms with Gasteiger partial charge in [0.15, 0.2) is 5.79 Å². The molecule has 7 atom stereocenters. The van der Waals surface area contributed by atoms with Gasteiger partial charge in [-0.15, -0.1) is 0 Å². The summed E-state index contributed by atoms with van der Waals surface area (Å²) in [5, 5.41) is 10.5. The fourth-order valence-electron chi connectivity index (χ4n) is 4.24. The molecule has 23 heavy (non-hydrogen) atoms. The van der Waals surface area contributed by atoms with Gasteiger partial charge in [0.25, 0.3) is 0 Å². The van der Waals surface area contributed by atoms with Crippen LogP contribution < -0.4 is 0 Å². The SMILES string of the molecule is CC[C@H]1O[C@@]2(CC[C@]1(C)O)O[C@H]([C@@H](C)C(=O)OC)[C@@H](C)C[C@@H]2C. The van der Waals surface area contributed by atoms with Crippen LogP contribution in [0.2, 0.25) is 0 Å². The molecule has 5 nitrogen and oxygen atoms in total. The number of esters is 1. The first-order valence-corrected chi connectivity index (χ1v) is 8.82. The van der Waals surface area contributed by atoms with Crippen LogP contribution in [0.3, 0.4) is 0 Å². The van der Waals surface area contributed by atoms with Gasteiger partial charge in [0.05, 0.1) is 30.8 Å². The van der Waals surface area contributed by atoms with Gasteiger partial charge in [-0.1, -0.05) is 20.8 Å². The molecule has 0 aliphatic carbocycles. The van der Waals surface area contributed by atoms with Crippen molar-refractivity contribution < 1.29 is 24.1 Å². The lowest BCUT2D eigenvalue weighted by Gasteiger charge is -2.55. The zero-order valence-electron chi connectivity index (χ0n) is 15.3. The van der Waals surface area contributed by atoms with Crippen molar-refractivity contribution in [3.63, 3.8) is 0 Å². The quantitative estimate of drug-likeness (QED) is 0.807. The molecule has 0 unspecified atom stereocenters. The van der Waals surface area contributed by atoms with E-state index in [0.29, 0.717) is 12.8 Å². The minimum atomic E-state index is -0.824. The number of hydrogen-bond donors (Lipinski definition) is 1. The normalized spacial score (nSPS) is 45.7. The van der Waals surface area contributed by atoms with Crippen molar-refractivity contribution in [2.45, 2.75) is 83.9 Å². The molecule has 0 aromatic heterocycles. The second kappa shape index (κ2) is 6.69. The van der Waals surface area contributed by atoms with Crippen LogP contribution in [0.5, 0.6) is 0 Å². The van der Waals surface area contributed by atoms with Crippen LogP contribution in [0.1, 0.15) is 60.3 Å². The van der Waals surface area contributed by atoms with Gasteiger partial charge in [0.2, 0.25) is 0 Å². The molecule has 2 saturated heterocycles. The van der Waals surface area contributed by atoms with Gasteiger partial charge in [-0.05, 0) is 39.0 Å². The van der Waals surface area contributed by atoms with Crippen molar-refractivity contribution in [2.24, 2.45) is 17.8 Å². The van der Waals surface area contributed by atoms with Gasteiger partial charge < -0.3 is 19.3 Å². The van der Waals surface area contributed by atoms with Crippen molar-refractivity contribution in [3.05, 3.63) is 0 Å². The summed E-state index contributed by atoms with van der Waals surface area (Å²) >= 11 is 0. The number of carbonyl (C=O) groups excluding carboxylic acids is 1. The number of rotatable bonds is 3. The molecule has 1 spiro atoms. The zero-order chi connectivity index (χ0) is 17.4. The molecular formula is C18H32O5. The molecule has 0 aromatic carbocycles. The van der Waals surface area contributed by atoms with Crippen molar-refractivity contribution in [1.82, 2.24) is 0 Å². The summed E-state index contributed by atoms with van der Waals surface area (Å²) in [6.07, 6.45) is 2.49. The maximum Gasteiger partial charge on any atom is 0.311 e. The molecule has 1 N–H and O–H groups in total. The van der Waals surface area contributed by atoms with Gasteiger partial charge in [0, 0.05) is 12.3 Å². The molecule has 2 fully saturated rings.